The third kappa shape index (κ3) is 4.48. The van der Waals surface area contributed by atoms with E-state index in [-0.39, 0.29) is 23.7 Å². The van der Waals surface area contributed by atoms with Crippen LogP contribution >= 0.6 is 0 Å². The molecular formula is C13H21N3O3. The van der Waals surface area contributed by atoms with E-state index in [4.69, 9.17) is 0 Å². The van der Waals surface area contributed by atoms with Crippen LogP contribution in [0.3, 0.4) is 0 Å². The number of aryl methyl sites for hydroxylation is 1. The Morgan fingerprint density at radius 1 is 1.53 bits per heavy atom. The van der Waals surface area contributed by atoms with E-state index >= 15 is 0 Å². The van der Waals surface area contributed by atoms with Crippen LogP contribution in [0, 0.1) is 0 Å². The summed E-state index contributed by atoms with van der Waals surface area (Å²) in [4.78, 5) is 25.0. The number of hydrogen-bond donors (Lipinski definition) is 1. The van der Waals surface area contributed by atoms with Gasteiger partial charge in [-0.15, -0.1) is 0 Å². The topological polar surface area (TPSA) is 75.4 Å². The first-order valence-corrected chi connectivity index (χ1v) is 6.47. The lowest BCUT2D eigenvalue weighted by Crippen LogP contribution is -2.35. The zero-order chi connectivity index (χ0) is 14.4. The second-order valence-corrected chi connectivity index (χ2v) is 4.67. The van der Waals surface area contributed by atoms with Gasteiger partial charge in [0, 0.05) is 26.2 Å². The van der Waals surface area contributed by atoms with Crippen LogP contribution < -0.4 is 5.56 Å². The second-order valence-electron chi connectivity index (χ2n) is 4.67. The Hall–Kier alpha value is -1.69. The molecule has 6 nitrogen and oxygen atoms in total. The smallest absolute Gasteiger partial charge is 0.274 e. The molecule has 0 aromatic carbocycles. The van der Waals surface area contributed by atoms with Gasteiger partial charge in [0.25, 0.3) is 11.5 Å². The molecule has 1 aromatic heterocycles. The molecule has 0 aliphatic heterocycles. The van der Waals surface area contributed by atoms with Crippen molar-refractivity contribution < 1.29 is 9.90 Å². The average Bonchev–Trinajstić information content (AvgIpc) is 2.36. The Morgan fingerprint density at radius 2 is 2.21 bits per heavy atom. The zero-order valence-electron chi connectivity index (χ0n) is 11.7. The standard InChI is InChI=1S/C13H21N3O3/c1-4-5-8-16-12(18)7-6-11(14-16)13(19)15(3)9-10(2)17/h6-7,10,17H,4-5,8-9H2,1-3H3. The second kappa shape index (κ2) is 7.04. The third-order valence-electron chi connectivity index (χ3n) is 2.69. The molecule has 0 aliphatic carbocycles. The lowest BCUT2D eigenvalue weighted by Gasteiger charge is -2.18. The van der Waals surface area contributed by atoms with Crippen LogP contribution in [0.15, 0.2) is 16.9 Å². The van der Waals surface area contributed by atoms with Crippen LogP contribution in [0.2, 0.25) is 0 Å². The van der Waals surface area contributed by atoms with Crippen LogP contribution in [0.4, 0.5) is 0 Å². The summed E-state index contributed by atoms with van der Waals surface area (Å²) in [5.41, 5.74) is 0.0158. The van der Waals surface area contributed by atoms with Gasteiger partial charge < -0.3 is 10.0 Å². The fraction of sp³-hybridized carbons (Fsp3) is 0.615. The summed E-state index contributed by atoms with van der Waals surface area (Å²) in [5.74, 6) is -0.300. The Morgan fingerprint density at radius 3 is 2.79 bits per heavy atom. The molecule has 0 spiro atoms. The molecule has 1 atom stereocenters. The van der Waals surface area contributed by atoms with Gasteiger partial charge in [0.15, 0.2) is 0 Å². The first kappa shape index (κ1) is 15.4. The maximum absolute atomic E-state index is 12.1. The molecule has 19 heavy (non-hydrogen) atoms. The van der Waals surface area contributed by atoms with E-state index in [1.807, 2.05) is 6.92 Å². The van der Waals surface area contributed by atoms with Crippen LogP contribution in [-0.4, -0.2) is 45.4 Å². The van der Waals surface area contributed by atoms with Crippen molar-refractivity contribution in [1.82, 2.24) is 14.7 Å². The Labute approximate surface area is 112 Å². The highest BCUT2D eigenvalue weighted by Crippen LogP contribution is 2.00. The normalized spacial score (nSPS) is 12.2. The minimum atomic E-state index is -0.597. The molecule has 1 amide bonds. The first-order valence-electron chi connectivity index (χ1n) is 6.47. The number of rotatable bonds is 6. The maximum Gasteiger partial charge on any atom is 0.274 e. The highest BCUT2D eigenvalue weighted by atomic mass is 16.3. The van der Waals surface area contributed by atoms with Gasteiger partial charge in [0.2, 0.25) is 0 Å². The van der Waals surface area contributed by atoms with Gasteiger partial charge in [-0.05, 0) is 19.4 Å². The van der Waals surface area contributed by atoms with E-state index in [2.05, 4.69) is 5.10 Å². The fourth-order valence-corrected chi connectivity index (χ4v) is 1.71. The number of amides is 1. The summed E-state index contributed by atoms with van der Waals surface area (Å²) in [6.45, 7) is 4.38. The molecule has 1 N–H and O–H groups in total. The van der Waals surface area contributed by atoms with Gasteiger partial charge in [0.1, 0.15) is 5.69 Å². The lowest BCUT2D eigenvalue weighted by molar-refractivity contribution is 0.0695. The number of unbranched alkanes of at least 4 members (excludes halogenated alkanes) is 1. The van der Waals surface area contributed by atoms with Crippen molar-refractivity contribution in [3.05, 3.63) is 28.2 Å². The molecule has 1 unspecified atom stereocenters. The summed E-state index contributed by atoms with van der Waals surface area (Å²) in [6, 6.07) is 2.78. The summed E-state index contributed by atoms with van der Waals surface area (Å²) in [7, 11) is 1.60. The fourth-order valence-electron chi connectivity index (χ4n) is 1.71. The number of carbonyl (C=O) groups excluding carboxylic acids is 1. The van der Waals surface area contributed by atoms with Crippen molar-refractivity contribution >= 4 is 5.91 Å². The predicted octanol–water partition coefficient (Wildman–Crippen LogP) is 0.496. The molecular weight excluding hydrogens is 246 g/mol. The Kier molecular flexibility index (Phi) is 5.69. The van der Waals surface area contributed by atoms with Crippen molar-refractivity contribution in [2.75, 3.05) is 13.6 Å². The molecule has 0 aliphatic rings. The van der Waals surface area contributed by atoms with E-state index in [1.54, 1.807) is 14.0 Å². The SMILES string of the molecule is CCCCn1nc(C(=O)N(C)CC(C)O)ccc1=O. The van der Waals surface area contributed by atoms with Crippen LogP contribution in [-0.2, 0) is 6.54 Å². The molecule has 1 rings (SSSR count). The minimum Gasteiger partial charge on any atom is -0.392 e. The number of hydrogen-bond acceptors (Lipinski definition) is 4. The molecule has 0 bridgehead atoms. The monoisotopic (exact) mass is 267 g/mol. The molecule has 1 aromatic rings. The summed E-state index contributed by atoms with van der Waals surface area (Å²) >= 11 is 0. The van der Waals surface area contributed by atoms with E-state index < -0.39 is 6.10 Å². The number of carbonyl (C=O) groups is 1. The minimum absolute atomic E-state index is 0.205. The number of aliphatic hydroxyl groups is 1. The van der Waals surface area contributed by atoms with Crippen LogP contribution in [0.5, 0.6) is 0 Å². The van der Waals surface area contributed by atoms with E-state index in [0.29, 0.717) is 6.54 Å². The van der Waals surface area contributed by atoms with Crippen LogP contribution in [0.1, 0.15) is 37.2 Å². The summed E-state index contributed by atoms with van der Waals surface area (Å²) < 4.78 is 1.31. The van der Waals surface area contributed by atoms with E-state index in [1.165, 1.54) is 21.7 Å². The highest BCUT2D eigenvalue weighted by molar-refractivity contribution is 5.91. The van der Waals surface area contributed by atoms with Crippen molar-refractivity contribution in [3.8, 4) is 0 Å². The molecule has 0 saturated heterocycles. The molecule has 106 valence electrons. The van der Waals surface area contributed by atoms with Gasteiger partial charge in [-0.3, -0.25) is 9.59 Å². The molecule has 1 heterocycles. The molecule has 6 heteroatoms. The predicted molar refractivity (Wildman–Crippen MR) is 72.0 cm³/mol. The first-order chi connectivity index (χ1) is 8.95. The van der Waals surface area contributed by atoms with Crippen molar-refractivity contribution in [2.45, 2.75) is 39.3 Å². The van der Waals surface area contributed by atoms with Gasteiger partial charge >= 0.3 is 0 Å². The lowest BCUT2D eigenvalue weighted by atomic mass is 10.3. The third-order valence-corrected chi connectivity index (χ3v) is 2.69. The number of likely N-dealkylation sites (N-methyl/N-ethyl adjacent to an activating group) is 1. The Bertz CT molecular complexity index is 482. The van der Waals surface area contributed by atoms with Crippen molar-refractivity contribution in [2.24, 2.45) is 0 Å². The highest BCUT2D eigenvalue weighted by Gasteiger charge is 2.15. The van der Waals surface area contributed by atoms with Gasteiger partial charge in [-0.2, -0.15) is 5.10 Å². The van der Waals surface area contributed by atoms with Gasteiger partial charge in [-0.1, -0.05) is 13.3 Å². The number of nitrogens with zero attached hydrogens (tertiary/aromatic N) is 3. The van der Waals surface area contributed by atoms with Gasteiger partial charge in [0.05, 0.1) is 6.10 Å². The largest absolute Gasteiger partial charge is 0.392 e. The number of aliphatic hydroxyl groups excluding tert-OH is 1. The van der Waals surface area contributed by atoms with Gasteiger partial charge in [-0.25, -0.2) is 4.68 Å². The maximum atomic E-state index is 12.1. The van der Waals surface area contributed by atoms with E-state index in [9.17, 15) is 14.7 Å². The van der Waals surface area contributed by atoms with Crippen molar-refractivity contribution in [1.29, 1.82) is 0 Å². The Balaban J connectivity index is 2.88. The number of aromatic nitrogens is 2. The summed E-state index contributed by atoms with van der Waals surface area (Å²) in [6.07, 6.45) is 1.20. The van der Waals surface area contributed by atoms with Crippen molar-refractivity contribution in [3.63, 3.8) is 0 Å². The average molecular weight is 267 g/mol. The molecule has 0 radical (unpaired) electrons. The van der Waals surface area contributed by atoms with Crippen LogP contribution in [0.25, 0.3) is 0 Å². The molecule has 0 fully saturated rings. The quantitative estimate of drug-likeness (QED) is 0.814. The zero-order valence-corrected chi connectivity index (χ0v) is 11.7. The summed E-state index contributed by atoms with van der Waals surface area (Å²) in [5, 5.41) is 13.3. The molecule has 0 saturated carbocycles. The van der Waals surface area contributed by atoms with E-state index in [0.717, 1.165) is 12.8 Å².